The summed E-state index contributed by atoms with van der Waals surface area (Å²) in [4.78, 5) is 0. The lowest BCUT2D eigenvalue weighted by Crippen LogP contribution is -2.13. The van der Waals surface area contributed by atoms with Gasteiger partial charge in [-0.15, -0.1) is 0 Å². The molecule has 0 bridgehead atoms. The maximum Gasteiger partial charge on any atom is 0.118 e. The molecule has 4 aromatic carbocycles. The van der Waals surface area contributed by atoms with E-state index in [1.165, 1.54) is 0 Å². The molecule has 0 N–H and O–H groups in total. The van der Waals surface area contributed by atoms with Gasteiger partial charge in [0, 0.05) is 0 Å². The lowest BCUT2D eigenvalue weighted by Gasteiger charge is -2.27. The molecular formula is C28H26O3. The SMILES string of the molecule is COc1ccc(C(OC(c2ccccc2)c2ccc(OC)cc2)c2ccccc2)cc1. The Labute approximate surface area is 183 Å². The standard InChI is InChI=1S/C28H26O3/c1-29-25-17-13-23(14-18-25)27(21-9-5-3-6-10-21)31-28(22-11-7-4-8-12-22)24-15-19-26(30-2)20-16-24/h3-20,27-28H,1-2H3. The van der Waals surface area contributed by atoms with Gasteiger partial charge >= 0.3 is 0 Å². The van der Waals surface area contributed by atoms with Gasteiger partial charge in [0.1, 0.15) is 23.7 Å². The van der Waals surface area contributed by atoms with E-state index in [9.17, 15) is 0 Å². The fourth-order valence-electron chi connectivity index (χ4n) is 3.65. The molecule has 4 aromatic rings. The summed E-state index contributed by atoms with van der Waals surface area (Å²) in [5.74, 6) is 1.65. The maximum absolute atomic E-state index is 6.86. The third kappa shape index (κ3) is 4.96. The van der Waals surface area contributed by atoms with Crippen molar-refractivity contribution >= 4 is 0 Å². The second-order valence-corrected chi connectivity index (χ2v) is 7.26. The Morgan fingerprint density at radius 2 is 0.742 bits per heavy atom. The number of benzene rings is 4. The molecule has 0 aliphatic carbocycles. The molecule has 2 atom stereocenters. The Hall–Kier alpha value is -3.56. The van der Waals surface area contributed by atoms with Crippen molar-refractivity contribution in [3.63, 3.8) is 0 Å². The van der Waals surface area contributed by atoms with E-state index in [1.807, 2.05) is 60.7 Å². The summed E-state index contributed by atoms with van der Waals surface area (Å²) in [5.41, 5.74) is 4.34. The van der Waals surface area contributed by atoms with Gasteiger partial charge in [0.2, 0.25) is 0 Å². The van der Waals surface area contributed by atoms with Crippen LogP contribution in [0.15, 0.2) is 109 Å². The van der Waals surface area contributed by atoms with E-state index >= 15 is 0 Å². The lowest BCUT2D eigenvalue weighted by atomic mass is 9.98. The van der Waals surface area contributed by atoms with Crippen LogP contribution in [0.1, 0.15) is 34.5 Å². The van der Waals surface area contributed by atoms with Crippen molar-refractivity contribution in [1.29, 1.82) is 0 Å². The molecule has 3 heteroatoms. The van der Waals surface area contributed by atoms with E-state index in [0.29, 0.717) is 0 Å². The van der Waals surface area contributed by atoms with Gasteiger partial charge in [-0.3, -0.25) is 0 Å². The molecule has 0 amide bonds. The van der Waals surface area contributed by atoms with Crippen LogP contribution in [0.2, 0.25) is 0 Å². The largest absolute Gasteiger partial charge is 0.497 e. The first-order chi connectivity index (χ1) is 15.3. The second kappa shape index (κ2) is 9.96. The van der Waals surface area contributed by atoms with Crippen molar-refractivity contribution in [1.82, 2.24) is 0 Å². The third-order valence-corrected chi connectivity index (χ3v) is 5.31. The number of rotatable bonds is 8. The highest BCUT2D eigenvalue weighted by atomic mass is 16.5. The van der Waals surface area contributed by atoms with E-state index in [2.05, 4.69) is 48.5 Å². The average molecular weight is 411 g/mol. The molecule has 2 unspecified atom stereocenters. The number of hydrogen-bond donors (Lipinski definition) is 0. The molecule has 0 saturated heterocycles. The van der Waals surface area contributed by atoms with Gasteiger partial charge < -0.3 is 14.2 Å². The Balaban J connectivity index is 1.76. The highest BCUT2D eigenvalue weighted by Crippen LogP contribution is 2.36. The van der Waals surface area contributed by atoms with Crippen molar-refractivity contribution in [2.24, 2.45) is 0 Å². The molecule has 0 heterocycles. The predicted octanol–water partition coefficient (Wildman–Crippen LogP) is 6.60. The second-order valence-electron chi connectivity index (χ2n) is 7.26. The molecular weight excluding hydrogens is 384 g/mol. The van der Waals surface area contributed by atoms with E-state index in [-0.39, 0.29) is 12.2 Å². The molecule has 0 fully saturated rings. The van der Waals surface area contributed by atoms with Gasteiger partial charge in [-0.05, 0) is 46.5 Å². The van der Waals surface area contributed by atoms with Crippen LogP contribution < -0.4 is 9.47 Å². The molecule has 0 saturated carbocycles. The molecule has 0 aromatic heterocycles. The predicted molar refractivity (Wildman–Crippen MR) is 124 cm³/mol. The lowest BCUT2D eigenvalue weighted by molar-refractivity contribution is 0.0308. The zero-order valence-electron chi connectivity index (χ0n) is 17.8. The van der Waals surface area contributed by atoms with Crippen molar-refractivity contribution in [2.75, 3.05) is 14.2 Å². The quantitative estimate of drug-likeness (QED) is 0.327. The van der Waals surface area contributed by atoms with Gasteiger partial charge in [0.15, 0.2) is 0 Å². The highest BCUT2D eigenvalue weighted by molar-refractivity contribution is 5.37. The van der Waals surface area contributed by atoms with Crippen LogP contribution in [0.3, 0.4) is 0 Å². The summed E-state index contributed by atoms with van der Waals surface area (Å²) in [5, 5.41) is 0. The third-order valence-electron chi connectivity index (χ3n) is 5.31. The van der Waals surface area contributed by atoms with Gasteiger partial charge in [-0.1, -0.05) is 84.9 Å². The first kappa shape index (κ1) is 20.7. The van der Waals surface area contributed by atoms with Crippen LogP contribution >= 0.6 is 0 Å². The summed E-state index contributed by atoms with van der Waals surface area (Å²) in [6, 6.07) is 36.8. The minimum Gasteiger partial charge on any atom is -0.497 e. The summed E-state index contributed by atoms with van der Waals surface area (Å²) < 4.78 is 17.5. The van der Waals surface area contributed by atoms with Crippen LogP contribution in [0.4, 0.5) is 0 Å². The fraction of sp³-hybridized carbons (Fsp3) is 0.143. The summed E-state index contributed by atoms with van der Waals surface area (Å²) in [7, 11) is 3.35. The topological polar surface area (TPSA) is 27.7 Å². The normalized spacial score (nSPS) is 12.7. The smallest absolute Gasteiger partial charge is 0.118 e. The summed E-state index contributed by atoms with van der Waals surface area (Å²) >= 11 is 0. The zero-order chi connectivity index (χ0) is 21.5. The van der Waals surface area contributed by atoms with Crippen LogP contribution in [-0.2, 0) is 4.74 Å². The molecule has 156 valence electrons. The van der Waals surface area contributed by atoms with Gasteiger partial charge in [-0.25, -0.2) is 0 Å². The van der Waals surface area contributed by atoms with Crippen molar-refractivity contribution in [3.05, 3.63) is 131 Å². The first-order valence-corrected chi connectivity index (χ1v) is 10.3. The molecule has 0 aliphatic rings. The monoisotopic (exact) mass is 410 g/mol. The minimum atomic E-state index is -0.237. The molecule has 0 spiro atoms. The van der Waals surface area contributed by atoms with Gasteiger partial charge in [0.25, 0.3) is 0 Å². The van der Waals surface area contributed by atoms with Crippen molar-refractivity contribution in [3.8, 4) is 11.5 Å². The number of hydrogen-bond acceptors (Lipinski definition) is 3. The molecule has 0 radical (unpaired) electrons. The van der Waals surface area contributed by atoms with Crippen LogP contribution in [-0.4, -0.2) is 14.2 Å². The van der Waals surface area contributed by atoms with E-state index in [0.717, 1.165) is 33.8 Å². The van der Waals surface area contributed by atoms with E-state index < -0.39 is 0 Å². The Kier molecular flexibility index (Phi) is 6.65. The Morgan fingerprint density at radius 3 is 1.06 bits per heavy atom. The van der Waals surface area contributed by atoms with Gasteiger partial charge in [0.05, 0.1) is 14.2 Å². The summed E-state index contributed by atoms with van der Waals surface area (Å²) in [6.07, 6.45) is -0.473. The number of methoxy groups -OCH3 is 2. The van der Waals surface area contributed by atoms with Gasteiger partial charge in [-0.2, -0.15) is 0 Å². The maximum atomic E-state index is 6.86. The van der Waals surface area contributed by atoms with E-state index in [1.54, 1.807) is 14.2 Å². The first-order valence-electron chi connectivity index (χ1n) is 10.3. The van der Waals surface area contributed by atoms with Crippen LogP contribution in [0, 0.1) is 0 Å². The molecule has 0 aliphatic heterocycles. The molecule has 3 nitrogen and oxygen atoms in total. The van der Waals surface area contributed by atoms with Crippen LogP contribution in [0.25, 0.3) is 0 Å². The van der Waals surface area contributed by atoms with Crippen LogP contribution in [0.5, 0.6) is 11.5 Å². The Bertz CT molecular complexity index is 970. The Morgan fingerprint density at radius 1 is 0.419 bits per heavy atom. The minimum absolute atomic E-state index is 0.237. The van der Waals surface area contributed by atoms with E-state index in [4.69, 9.17) is 14.2 Å². The van der Waals surface area contributed by atoms with Crippen molar-refractivity contribution < 1.29 is 14.2 Å². The molecule has 31 heavy (non-hydrogen) atoms. The highest BCUT2D eigenvalue weighted by Gasteiger charge is 2.23. The number of ether oxygens (including phenoxy) is 3. The van der Waals surface area contributed by atoms with Crippen molar-refractivity contribution in [2.45, 2.75) is 12.2 Å². The average Bonchev–Trinajstić information content (AvgIpc) is 2.86. The molecule has 4 rings (SSSR count). The fourth-order valence-corrected chi connectivity index (χ4v) is 3.65. The zero-order valence-corrected chi connectivity index (χ0v) is 17.8. The summed E-state index contributed by atoms with van der Waals surface area (Å²) in [6.45, 7) is 0.